The van der Waals surface area contributed by atoms with Crippen molar-refractivity contribution in [3.8, 4) is 11.8 Å². The summed E-state index contributed by atoms with van der Waals surface area (Å²) >= 11 is 0. The van der Waals surface area contributed by atoms with Crippen LogP contribution in [-0.4, -0.2) is 50.5 Å². The fraction of sp³-hybridized carbons (Fsp3) is 0.455. The van der Waals surface area contributed by atoms with Gasteiger partial charge in [0.15, 0.2) is 0 Å². The van der Waals surface area contributed by atoms with Crippen LogP contribution >= 0.6 is 0 Å². The molecule has 1 aliphatic carbocycles. The smallest absolute Gasteiger partial charge is 0.322 e. The zero-order valence-corrected chi connectivity index (χ0v) is 18.1. The third kappa shape index (κ3) is 4.57. The largest absolute Gasteiger partial charge is 0.424 e. The molecule has 174 valence electrons. The van der Waals surface area contributed by atoms with Gasteiger partial charge in [0.05, 0.1) is 6.54 Å². The molecule has 5 rings (SSSR count). The number of aromatic nitrogens is 5. The van der Waals surface area contributed by atoms with Gasteiger partial charge in [0.25, 0.3) is 0 Å². The number of ether oxygens (including phenoxy) is 1. The maximum atomic E-state index is 13.5. The molecule has 1 saturated heterocycles. The van der Waals surface area contributed by atoms with Crippen LogP contribution in [0.5, 0.6) is 11.8 Å². The molecule has 0 amide bonds. The van der Waals surface area contributed by atoms with E-state index in [0.29, 0.717) is 17.8 Å². The van der Waals surface area contributed by atoms with E-state index < -0.39 is 18.3 Å². The van der Waals surface area contributed by atoms with Gasteiger partial charge >= 0.3 is 6.01 Å². The maximum Gasteiger partial charge on any atom is 0.322 e. The Morgan fingerprint density at radius 3 is 2.45 bits per heavy atom. The lowest BCUT2D eigenvalue weighted by Crippen LogP contribution is -2.48. The van der Waals surface area contributed by atoms with Gasteiger partial charge in [-0.05, 0) is 31.6 Å². The molecule has 1 unspecified atom stereocenters. The summed E-state index contributed by atoms with van der Waals surface area (Å²) < 4.78 is 46.9. The number of rotatable bonds is 7. The summed E-state index contributed by atoms with van der Waals surface area (Å²) in [5.74, 6) is 0.358. The lowest BCUT2D eigenvalue weighted by molar-refractivity contribution is 0.360. The van der Waals surface area contributed by atoms with E-state index in [1.165, 1.54) is 4.68 Å². The molecule has 0 radical (unpaired) electrons. The number of nitrogens with one attached hydrogen (secondary N) is 1. The van der Waals surface area contributed by atoms with Crippen LogP contribution in [0.2, 0.25) is 0 Å². The Morgan fingerprint density at radius 1 is 1.06 bits per heavy atom. The summed E-state index contributed by atoms with van der Waals surface area (Å²) in [6, 6.07) is 4.94. The summed E-state index contributed by atoms with van der Waals surface area (Å²) in [4.78, 5) is 15.2. The molecule has 8 nitrogen and oxygen atoms in total. The Morgan fingerprint density at radius 2 is 1.79 bits per heavy atom. The molecular weight excluding hydrogens is 435 g/mol. The number of halogens is 3. The van der Waals surface area contributed by atoms with Gasteiger partial charge in [-0.25, -0.2) is 27.8 Å². The number of benzene rings is 1. The van der Waals surface area contributed by atoms with Crippen molar-refractivity contribution < 1.29 is 17.9 Å². The number of hydrogen-bond acceptors (Lipinski definition) is 7. The monoisotopic (exact) mass is 459 g/mol. The molecule has 1 aliphatic heterocycles. The van der Waals surface area contributed by atoms with Gasteiger partial charge in [-0.1, -0.05) is 0 Å². The van der Waals surface area contributed by atoms with E-state index in [2.05, 4.69) is 30.3 Å². The predicted octanol–water partition coefficient (Wildman–Crippen LogP) is 3.74. The number of fused-ring (bicyclic) bond motifs is 2. The predicted molar refractivity (Wildman–Crippen MR) is 115 cm³/mol. The molecule has 2 aromatic heterocycles. The van der Waals surface area contributed by atoms with E-state index in [1.807, 2.05) is 13.0 Å². The second-order valence-corrected chi connectivity index (χ2v) is 8.53. The van der Waals surface area contributed by atoms with Gasteiger partial charge in [-0.3, -0.25) is 0 Å². The normalized spacial score (nSPS) is 21.9. The van der Waals surface area contributed by atoms with Crippen LogP contribution in [0, 0.1) is 30.4 Å². The Hall–Kier alpha value is -3.37. The average molecular weight is 459 g/mol. The number of aryl methyl sites for hydroxylation is 2. The average Bonchev–Trinajstić information content (AvgIpc) is 3.22. The minimum Gasteiger partial charge on any atom is -0.424 e. The number of nitrogens with zero attached hydrogens (tertiary/aromatic N) is 6. The molecule has 1 N–H and O–H groups in total. The fourth-order valence-electron chi connectivity index (χ4n) is 4.79. The number of anilines is 2. The Kier molecular flexibility index (Phi) is 5.77. The zero-order chi connectivity index (χ0) is 22.9. The van der Waals surface area contributed by atoms with Gasteiger partial charge in [0.2, 0.25) is 5.95 Å². The highest BCUT2D eigenvalue weighted by molar-refractivity contribution is 5.42. The fourth-order valence-corrected chi connectivity index (χ4v) is 4.79. The summed E-state index contributed by atoms with van der Waals surface area (Å²) in [6.45, 7) is 2.88. The standard InChI is InChI=1S/C22H24F3N7O/c1-13-6-19(27-12-26-13)31-10-14-2-3-15(11-31)20(14)28-21-29-22(32(30-21)5-4-23)33-18-8-16(24)7-17(25)9-18/h6-9,12,14-15,20H,2-5,10-11H2,1H3,(H,28,30)/t14-,15+,20?. The molecule has 33 heavy (non-hydrogen) atoms. The molecule has 1 aromatic carbocycles. The van der Waals surface area contributed by atoms with Crippen LogP contribution in [0.4, 0.5) is 24.9 Å². The highest BCUT2D eigenvalue weighted by atomic mass is 19.1. The summed E-state index contributed by atoms with van der Waals surface area (Å²) in [7, 11) is 0. The highest BCUT2D eigenvalue weighted by Gasteiger charge is 2.43. The van der Waals surface area contributed by atoms with Crippen molar-refractivity contribution >= 4 is 11.8 Å². The molecular formula is C22H24F3N7O. The molecule has 0 spiro atoms. The van der Waals surface area contributed by atoms with E-state index >= 15 is 0 Å². The van der Waals surface area contributed by atoms with E-state index in [4.69, 9.17) is 4.74 Å². The molecule has 11 heteroatoms. The van der Waals surface area contributed by atoms with Gasteiger partial charge in [0.1, 0.15) is 36.2 Å². The van der Waals surface area contributed by atoms with Crippen LogP contribution in [0.25, 0.3) is 0 Å². The third-order valence-electron chi connectivity index (χ3n) is 6.22. The summed E-state index contributed by atoms with van der Waals surface area (Å²) in [6.07, 6.45) is 3.73. The molecule has 2 bridgehead atoms. The van der Waals surface area contributed by atoms with Gasteiger partial charge < -0.3 is 15.0 Å². The van der Waals surface area contributed by atoms with Crippen molar-refractivity contribution in [2.45, 2.75) is 32.4 Å². The first-order valence-corrected chi connectivity index (χ1v) is 10.9. The first-order valence-electron chi connectivity index (χ1n) is 10.9. The Balaban J connectivity index is 1.32. The lowest BCUT2D eigenvalue weighted by atomic mass is 9.92. The van der Waals surface area contributed by atoms with Crippen LogP contribution in [0.3, 0.4) is 0 Å². The van der Waals surface area contributed by atoms with Crippen molar-refractivity contribution in [2.24, 2.45) is 11.8 Å². The minimum absolute atomic E-state index is 0.0265. The van der Waals surface area contributed by atoms with Gasteiger partial charge in [-0.2, -0.15) is 4.98 Å². The van der Waals surface area contributed by atoms with Crippen molar-refractivity contribution in [3.63, 3.8) is 0 Å². The molecule has 3 atom stereocenters. The van der Waals surface area contributed by atoms with Gasteiger partial charge in [0, 0.05) is 49.1 Å². The SMILES string of the molecule is Cc1cc(N2C[C@H]3CC[C@@H](C2)C3Nc2nc(Oc3cc(F)cc(F)c3)n(CCF)n2)ncn1. The van der Waals surface area contributed by atoms with E-state index in [1.54, 1.807) is 6.33 Å². The summed E-state index contributed by atoms with van der Waals surface area (Å²) in [5.41, 5.74) is 0.931. The van der Waals surface area contributed by atoms with Gasteiger partial charge in [-0.15, -0.1) is 5.10 Å². The minimum atomic E-state index is -0.776. The van der Waals surface area contributed by atoms with Crippen LogP contribution in [0.1, 0.15) is 18.5 Å². The Bertz CT molecular complexity index is 1110. The number of piperidine rings is 1. The van der Waals surface area contributed by atoms with Crippen LogP contribution in [0.15, 0.2) is 30.6 Å². The number of hydrogen-bond donors (Lipinski definition) is 1. The van der Waals surface area contributed by atoms with Crippen molar-refractivity contribution in [2.75, 3.05) is 30.0 Å². The molecule has 3 heterocycles. The van der Waals surface area contributed by atoms with Crippen molar-refractivity contribution in [1.82, 2.24) is 24.7 Å². The first-order chi connectivity index (χ1) is 16.0. The molecule has 1 saturated carbocycles. The zero-order valence-electron chi connectivity index (χ0n) is 18.1. The van der Waals surface area contributed by atoms with Crippen LogP contribution in [-0.2, 0) is 6.54 Å². The summed E-state index contributed by atoms with van der Waals surface area (Å²) in [5, 5.41) is 7.73. The topological polar surface area (TPSA) is 81.0 Å². The van der Waals surface area contributed by atoms with E-state index in [0.717, 1.165) is 55.6 Å². The van der Waals surface area contributed by atoms with Crippen molar-refractivity contribution in [3.05, 3.63) is 47.9 Å². The molecule has 2 fully saturated rings. The Labute approximate surface area is 188 Å². The maximum absolute atomic E-state index is 13.5. The number of alkyl halides is 1. The quantitative estimate of drug-likeness (QED) is 0.576. The first kappa shape index (κ1) is 21.5. The second kappa shape index (κ2) is 8.87. The third-order valence-corrected chi connectivity index (χ3v) is 6.22. The van der Waals surface area contributed by atoms with Crippen LogP contribution < -0.4 is 15.0 Å². The highest BCUT2D eigenvalue weighted by Crippen LogP contribution is 2.39. The molecule has 3 aromatic rings. The second-order valence-electron chi connectivity index (χ2n) is 8.53. The lowest BCUT2D eigenvalue weighted by Gasteiger charge is -2.38. The molecule has 2 aliphatic rings. The van der Waals surface area contributed by atoms with E-state index in [-0.39, 0.29) is 24.3 Å². The van der Waals surface area contributed by atoms with E-state index in [9.17, 15) is 13.2 Å². The van der Waals surface area contributed by atoms with Crippen molar-refractivity contribution in [1.29, 1.82) is 0 Å².